The number of benzene rings is 1. The molecule has 17 heavy (non-hydrogen) atoms. The molecule has 0 bridgehead atoms. The lowest BCUT2D eigenvalue weighted by Gasteiger charge is -2.19. The lowest BCUT2D eigenvalue weighted by Crippen LogP contribution is -2.12. The third-order valence-electron chi connectivity index (χ3n) is 2.63. The molecule has 0 fully saturated rings. The van der Waals surface area contributed by atoms with E-state index >= 15 is 0 Å². The maximum absolute atomic E-state index is 9.06. The van der Waals surface area contributed by atoms with Crippen molar-refractivity contribution in [1.82, 2.24) is 4.98 Å². The molecular formula is C14H13N3. The Morgan fingerprint density at radius 1 is 1.18 bits per heavy atom. The molecule has 0 aliphatic carbocycles. The molecule has 3 heteroatoms. The predicted octanol–water partition coefficient (Wildman–Crippen LogP) is 3.03. The number of pyridine rings is 1. The average molecular weight is 223 g/mol. The van der Waals surface area contributed by atoms with E-state index in [4.69, 9.17) is 5.26 Å². The minimum atomic E-state index is 0.650. The first-order valence-electron chi connectivity index (χ1n) is 5.38. The summed E-state index contributed by atoms with van der Waals surface area (Å²) in [5, 5.41) is 9.06. The highest BCUT2D eigenvalue weighted by Crippen LogP contribution is 2.24. The third kappa shape index (κ3) is 2.26. The highest BCUT2D eigenvalue weighted by atomic mass is 15.2. The van der Waals surface area contributed by atoms with Crippen molar-refractivity contribution in [3.63, 3.8) is 0 Å². The summed E-state index contributed by atoms with van der Waals surface area (Å²) in [5.41, 5.74) is 2.64. The van der Waals surface area contributed by atoms with E-state index in [1.54, 1.807) is 6.07 Å². The molecule has 0 N–H and O–H groups in total. The molecule has 0 unspecified atom stereocenters. The van der Waals surface area contributed by atoms with Crippen molar-refractivity contribution in [2.75, 3.05) is 11.9 Å². The Balaban J connectivity index is 2.40. The van der Waals surface area contributed by atoms with E-state index in [9.17, 15) is 0 Å². The summed E-state index contributed by atoms with van der Waals surface area (Å²) in [6, 6.07) is 13.6. The third-order valence-corrected chi connectivity index (χ3v) is 2.63. The molecule has 2 rings (SSSR count). The van der Waals surface area contributed by atoms with E-state index in [0.29, 0.717) is 5.56 Å². The summed E-state index contributed by atoms with van der Waals surface area (Å²) in [6.45, 7) is 2.00. The molecule has 1 aromatic heterocycles. The molecule has 0 saturated carbocycles. The van der Waals surface area contributed by atoms with Crippen LogP contribution in [-0.2, 0) is 0 Å². The van der Waals surface area contributed by atoms with Gasteiger partial charge in [-0.05, 0) is 30.7 Å². The Morgan fingerprint density at radius 3 is 2.59 bits per heavy atom. The van der Waals surface area contributed by atoms with Crippen molar-refractivity contribution in [3.05, 3.63) is 53.7 Å². The van der Waals surface area contributed by atoms with Crippen molar-refractivity contribution < 1.29 is 0 Å². The Morgan fingerprint density at radius 2 is 1.94 bits per heavy atom. The molecule has 0 amide bonds. The Kier molecular flexibility index (Phi) is 3.06. The number of aromatic nitrogens is 1. The Bertz CT molecular complexity index is 552. The number of anilines is 2. The largest absolute Gasteiger partial charge is 0.328 e. The summed E-state index contributed by atoms with van der Waals surface area (Å²) >= 11 is 0. The van der Waals surface area contributed by atoms with Gasteiger partial charge in [-0.1, -0.05) is 18.2 Å². The van der Waals surface area contributed by atoms with Crippen LogP contribution in [0.3, 0.4) is 0 Å². The van der Waals surface area contributed by atoms with Crippen LogP contribution >= 0.6 is 0 Å². The number of rotatable bonds is 2. The first-order valence-corrected chi connectivity index (χ1v) is 5.38. The zero-order valence-electron chi connectivity index (χ0n) is 9.88. The zero-order valence-corrected chi connectivity index (χ0v) is 9.88. The van der Waals surface area contributed by atoms with Gasteiger partial charge in [0.2, 0.25) is 0 Å². The molecule has 0 aliphatic heterocycles. The molecular weight excluding hydrogens is 210 g/mol. The monoisotopic (exact) mass is 223 g/mol. The zero-order chi connectivity index (χ0) is 12.3. The second-order valence-corrected chi connectivity index (χ2v) is 3.88. The number of nitrogens with zero attached hydrogens (tertiary/aromatic N) is 3. The van der Waals surface area contributed by atoms with E-state index < -0.39 is 0 Å². The van der Waals surface area contributed by atoms with E-state index in [2.05, 4.69) is 11.1 Å². The summed E-state index contributed by atoms with van der Waals surface area (Å²) in [5.74, 6) is 0.832. The number of hydrogen-bond donors (Lipinski definition) is 0. The summed E-state index contributed by atoms with van der Waals surface area (Å²) < 4.78 is 0. The van der Waals surface area contributed by atoms with Crippen molar-refractivity contribution in [2.24, 2.45) is 0 Å². The van der Waals surface area contributed by atoms with Gasteiger partial charge >= 0.3 is 0 Å². The van der Waals surface area contributed by atoms with Crippen molar-refractivity contribution in [3.8, 4) is 6.07 Å². The van der Waals surface area contributed by atoms with E-state index in [1.165, 1.54) is 0 Å². The number of hydrogen-bond acceptors (Lipinski definition) is 3. The normalized spacial score (nSPS) is 9.71. The quantitative estimate of drug-likeness (QED) is 0.785. The average Bonchev–Trinajstić information content (AvgIpc) is 2.39. The van der Waals surface area contributed by atoms with E-state index in [0.717, 1.165) is 17.1 Å². The number of para-hydroxylation sites is 1. The van der Waals surface area contributed by atoms with Crippen LogP contribution in [0, 0.1) is 18.3 Å². The maximum Gasteiger partial charge on any atom is 0.132 e. The molecule has 3 nitrogen and oxygen atoms in total. The fourth-order valence-corrected chi connectivity index (χ4v) is 1.64. The molecule has 0 saturated heterocycles. The van der Waals surface area contributed by atoms with Gasteiger partial charge in [-0.3, -0.25) is 0 Å². The molecule has 0 spiro atoms. The van der Waals surface area contributed by atoms with Gasteiger partial charge in [-0.25, -0.2) is 4.98 Å². The Hall–Kier alpha value is -2.34. The van der Waals surface area contributed by atoms with Crippen LogP contribution in [0.5, 0.6) is 0 Å². The smallest absolute Gasteiger partial charge is 0.132 e. The van der Waals surface area contributed by atoms with Gasteiger partial charge < -0.3 is 4.90 Å². The van der Waals surface area contributed by atoms with Crippen LogP contribution in [0.25, 0.3) is 0 Å². The maximum atomic E-state index is 9.06. The first-order chi connectivity index (χ1) is 8.22. The minimum absolute atomic E-state index is 0.650. The first kappa shape index (κ1) is 11.2. The molecule has 2 aromatic rings. The molecule has 0 atom stereocenters. The van der Waals surface area contributed by atoms with Crippen LogP contribution in [0.2, 0.25) is 0 Å². The lowest BCUT2D eigenvalue weighted by atomic mass is 10.2. The van der Waals surface area contributed by atoms with Crippen LogP contribution in [0.4, 0.5) is 11.5 Å². The molecule has 84 valence electrons. The van der Waals surface area contributed by atoms with Gasteiger partial charge in [0.1, 0.15) is 11.9 Å². The van der Waals surface area contributed by atoms with Crippen molar-refractivity contribution in [2.45, 2.75) is 6.92 Å². The highest BCUT2D eigenvalue weighted by molar-refractivity contribution is 5.66. The van der Waals surface area contributed by atoms with Crippen LogP contribution in [-0.4, -0.2) is 12.0 Å². The fraction of sp³-hybridized carbons (Fsp3) is 0.143. The molecule has 0 aliphatic rings. The van der Waals surface area contributed by atoms with Gasteiger partial charge in [-0.15, -0.1) is 0 Å². The van der Waals surface area contributed by atoms with Gasteiger partial charge in [0.05, 0.1) is 11.3 Å². The van der Waals surface area contributed by atoms with Crippen molar-refractivity contribution >= 4 is 11.5 Å². The van der Waals surface area contributed by atoms with Crippen LogP contribution in [0.1, 0.15) is 11.1 Å². The predicted molar refractivity (Wildman–Crippen MR) is 68.2 cm³/mol. The second-order valence-electron chi connectivity index (χ2n) is 3.88. The highest BCUT2D eigenvalue weighted by Gasteiger charge is 2.08. The Labute approximate surface area is 101 Å². The summed E-state index contributed by atoms with van der Waals surface area (Å²) in [7, 11) is 1.91. The SMILES string of the molecule is Cc1ccc(N(C)c2ccccc2C#N)nc1. The number of aryl methyl sites for hydroxylation is 1. The van der Waals surface area contributed by atoms with Crippen molar-refractivity contribution in [1.29, 1.82) is 5.26 Å². The standard InChI is InChI=1S/C14H13N3/c1-11-7-8-14(16-10-11)17(2)13-6-4-3-5-12(13)9-15/h3-8,10H,1-2H3. The van der Waals surface area contributed by atoms with Gasteiger partial charge in [0, 0.05) is 13.2 Å². The topological polar surface area (TPSA) is 39.9 Å². The van der Waals surface area contributed by atoms with Gasteiger partial charge in [-0.2, -0.15) is 5.26 Å². The van der Waals surface area contributed by atoms with Gasteiger partial charge in [0.15, 0.2) is 0 Å². The van der Waals surface area contributed by atoms with Crippen LogP contribution < -0.4 is 4.90 Å². The van der Waals surface area contributed by atoms with E-state index in [1.807, 2.05) is 55.4 Å². The molecule has 0 radical (unpaired) electrons. The lowest BCUT2D eigenvalue weighted by molar-refractivity contribution is 1.11. The fourth-order valence-electron chi connectivity index (χ4n) is 1.64. The van der Waals surface area contributed by atoms with E-state index in [-0.39, 0.29) is 0 Å². The second kappa shape index (κ2) is 4.67. The molecule has 1 aromatic carbocycles. The minimum Gasteiger partial charge on any atom is -0.328 e. The summed E-state index contributed by atoms with van der Waals surface area (Å²) in [4.78, 5) is 6.26. The summed E-state index contributed by atoms with van der Waals surface area (Å²) in [6.07, 6.45) is 1.82. The molecule has 1 heterocycles. The number of nitriles is 1. The van der Waals surface area contributed by atoms with Crippen LogP contribution in [0.15, 0.2) is 42.6 Å². The van der Waals surface area contributed by atoms with Gasteiger partial charge in [0.25, 0.3) is 0 Å².